The van der Waals surface area contributed by atoms with E-state index < -0.39 is 27.9 Å². The molecule has 0 fully saturated rings. The second-order valence-corrected chi connectivity index (χ2v) is 6.27. The minimum atomic E-state index is -0.802. The van der Waals surface area contributed by atoms with Crippen LogP contribution in [0.25, 0.3) is 0 Å². The van der Waals surface area contributed by atoms with E-state index in [9.17, 15) is 24.0 Å². The molecule has 27 heavy (non-hydrogen) atoms. The van der Waals surface area contributed by atoms with Gasteiger partial charge in [-0.2, -0.15) is 5.10 Å². The van der Waals surface area contributed by atoms with Crippen molar-refractivity contribution in [2.45, 2.75) is 5.03 Å². The Hall–Kier alpha value is -3.59. The van der Waals surface area contributed by atoms with E-state index in [4.69, 9.17) is 0 Å². The Morgan fingerprint density at radius 3 is 2.15 bits per heavy atom. The van der Waals surface area contributed by atoms with E-state index in [0.717, 1.165) is 0 Å². The minimum absolute atomic E-state index is 0.0543. The number of carbonyl (C=O) groups is 3. The van der Waals surface area contributed by atoms with E-state index in [2.05, 4.69) is 5.10 Å². The Kier molecular flexibility index (Phi) is 5.23. The molecule has 0 radical (unpaired) electrons. The summed E-state index contributed by atoms with van der Waals surface area (Å²) in [6.45, 7) is 0. The molecule has 2 aromatic carbocycles. The fourth-order valence-corrected chi connectivity index (χ4v) is 2.85. The van der Waals surface area contributed by atoms with Gasteiger partial charge in [0.25, 0.3) is 5.56 Å². The van der Waals surface area contributed by atoms with Crippen LogP contribution in [0.3, 0.4) is 0 Å². The second-order valence-electron chi connectivity index (χ2n) is 5.31. The van der Waals surface area contributed by atoms with Gasteiger partial charge in [0.1, 0.15) is 0 Å². The summed E-state index contributed by atoms with van der Waals surface area (Å²) in [5, 5.41) is 4.73. The Morgan fingerprint density at radius 2 is 1.44 bits per heavy atom. The number of carbonyl (C=O) groups excluding carboxylic acids is 3. The summed E-state index contributed by atoms with van der Waals surface area (Å²) in [5.74, 6) is -1.44. The molecule has 0 atom stereocenters. The first kappa shape index (κ1) is 18.2. The van der Waals surface area contributed by atoms with Crippen molar-refractivity contribution in [1.29, 1.82) is 0 Å². The highest BCUT2D eigenvalue weighted by Gasteiger charge is 2.20. The highest BCUT2D eigenvalue weighted by Crippen LogP contribution is 2.19. The van der Waals surface area contributed by atoms with E-state index in [1.54, 1.807) is 18.2 Å². The quantitative estimate of drug-likeness (QED) is 0.389. The molecular weight excluding hydrogens is 370 g/mol. The molecule has 3 aromatic rings. The molecule has 0 amide bonds. The van der Waals surface area contributed by atoms with Crippen LogP contribution in [0.4, 0.5) is 0 Å². The third-order valence-electron chi connectivity index (χ3n) is 3.47. The number of rotatable bonds is 5. The van der Waals surface area contributed by atoms with Crippen LogP contribution in [0.5, 0.6) is 0 Å². The topological polar surface area (TPSA) is 130 Å². The summed E-state index contributed by atoms with van der Waals surface area (Å²) in [7, 11) is 0. The van der Waals surface area contributed by atoms with Crippen LogP contribution in [0.15, 0.2) is 69.2 Å². The predicted molar refractivity (Wildman–Crippen MR) is 97.2 cm³/mol. The summed E-state index contributed by atoms with van der Waals surface area (Å²) in [6.07, 6.45) is 0. The predicted octanol–water partition coefficient (Wildman–Crippen LogP) is 1.46. The number of nitrogens with zero attached hydrogens (tertiary/aromatic N) is 1. The number of hydrogen-bond donors (Lipinski definition) is 2. The molecule has 9 heteroatoms. The van der Waals surface area contributed by atoms with Crippen LogP contribution < -0.4 is 11.2 Å². The third kappa shape index (κ3) is 4.15. The number of ketones is 2. The van der Waals surface area contributed by atoms with Crippen molar-refractivity contribution >= 4 is 28.4 Å². The maximum atomic E-state index is 12.4. The van der Waals surface area contributed by atoms with Crippen LogP contribution in [-0.2, 0) is 0 Å². The van der Waals surface area contributed by atoms with Gasteiger partial charge in [0.15, 0.2) is 5.03 Å². The number of aromatic amines is 2. The summed E-state index contributed by atoms with van der Waals surface area (Å²) >= 11 is 0.497. The molecule has 2 N–H and O–H groups in total. The number of hydrogen-bond acceptors (Lipinski definition) is 7. The lowest BCUT2D eigenvalue weighted by Crippen LogP contribution is -2.25. The van der Waals surface area contributed by atoms with E-state index >= 15 is 0 Å². The van der Waals surface area contributed by atoms with Crippen molar-refractivity contribution in [2.75, 3.05) is 0 Å². The van der Waals surface area contributed by atoms with E-state index in [0.29, 0.717) is 11.8 Å². The largest absolute Gasteiger partial charge is 0.342 e. The second kappa shape index (κ2) is 7.75. The number of H-pyrrole nitrogens is 2. The Morgan fingerprint density at radius 1 is 0.815 bits per heavy atom. The van der Waals surface area contributed by atoms with Gasteiger partial charge in [0.2, 0.25) is 16.7 Å². The van der Waals surface area contributed by atoms with Crippen molar-refractivity contribution in [2.24, 2.45) is 0 Å². The Labute approximate surface area is 155 Å². The number of nitrogens with one attached hydrogen (secondary N) is 2. The lowest BCUT2D eigenvalue weighted by atomic mass is 10.0. The molecule has 134 valence electrons. The molecule has 0 spiro atoms. The zero-order chi connectivity index (χ0) is 19.4. The molecule has 0 aliphatic heterocycles. The monoisotopic (exact) mass is 381 g/mol. The first-order chi connectivity index (χ1) is 13.0. The lowest BCUT2D eigenvalue weighted by Gasteiger charge is -2.04. The van der Waals surface area contributed by atoms with Gasteiger partial charge in [0, 0.05) is 16.7 Å². The number of aromatic nitrogens is 3. The van der Waals surface area contributed by atoms with Crippen LogP contribution in [0.1, 0.15) is 31.1 Å². The van der Waals surface area contributed by atoms with E-state index in [1.807, 2.05) is 10.1 Å². The average molecular weight is 381 g/mol. The summed E-state index contributed by atoms with van der Waals surface area (Å²) < 4.78 is 0. The fraction of sp³-hybridized carbons (Fsp3) is 0. The van der Waals surface area contributed by atoms with E-state index in [1.165, 1.54) is 36.4 Å². The molecule has 8 nitrogen and oxygen atoms in total. The van der Waals surface area contributed by atoms with Gasteiger partial charge < -0.3 is 0 Å². The van der Waals surface area contributed by atoms with Crippen molar-refractivity contribution < 1.29 is 14.4 Å². The standard InChI is InChI=1S/C18H11N3O5S/c22-13(10-5-2-1-3-6-10)14(23)11-7-4-8-12(9-11)17(25)27-16-15(24)19-18(26)21-20-16/h1-9H,(H2,19,21,24,26). The smallest absolute Gasteiger partial charge is 0.285 e. The highest BCUT2D eigenvalue weighted by atomic mass is 32.2. The highest BCUT2D eigenvalue weighted by molar-refractivity contribution is 8.14. The molecule has 0 aliphatic rings. The van der Waals surface area contributed by atoms with Gasteiger partial charge in [-0.1, -0.05) is 48.5 Å². The molecule has 1 heterocycles. The van der Waals surface area contributed by atoms with Gasteiger partial charge in [-0.3, -0.25) is 24.2 Å². The fourth-order valence-electron chi connectivity index (χ4n) is 2.19. The van der Waals surface area contributed by atoms with Gasteiger partial charge in [-0.05, 0) is 17.8 Å². The summed E-state index contributed by atoms with van der Waals surface area (Å²) in [5.41, 5.74) is -1.18. The Bertz CT molecular complexity index is 1150. The summed E-state index contributed by atoms with van der Waals surface area (Å²) in [6, 6.07) is 13.7. The molecule has 0 aliphatic carbocycles. The number of thioether (sulfide) groups is 1. The first-order valence-electron chi connectivity index (χ1n) is 7.61. The number of Topliss-reactive ketones (excluding diaryl/α,β-unsaturated/α-hetero) is 2. The molecule has 0 saturated carbocycles. The SMILES string of the molecule is O=C(Sc1n[nH]c(=O)[nH]c1=O)c1cccc(C(=O)C(=O)c2ccccc2)c1. The molecule has 0 bridgehead atoms. The minimum Gasteiger partial charge on any atom is -0.285 e. The van der Waals surface area contributed by atoms with Crippen molar-refractivity contribution in [3.05, 3.63) is 92.1 Å². The lowest BCUT2D eigenvalue weighted by molar-refractivity contribution is 0.0817. The third-order valence-corrected chi connectivity index (χ3v) is 4.36. The Balaban J connectivity index is 1.83. The van der Waals surface area contributed by atoms with Gasteiger partial charge >= 0.3 is 5.69 Å². The van der Waals surface area contributed by atoms with Crippen LogP contribution >= 0.6 is 11.8 Å². The van der Waals surface area contributed by atoms with Crippen molar-refractivity contribution in [1.82, 2.24) is 15.2 Å². The van der Waals surface area contributed by atoms with Crippen molar-refractivity contribution in [3.63, 3.8) is 0 Å². The van der Waals surface area contributed by atoms with Crippen LogP contribution in [0.2, 0.25) is 0 Å². The van der Waals surface area contributed by atoms with Gasteiger partial charge in [-0.25, -0.2) is 9.89 Å². The summed E-state index contributed by atoms with van der Waals surface area (Å²) in [4.78, 5) is 61.5. The molecule has 3 rings (SSSR count). The zero-order valence-electron chi connectivity index (χ0n) is 13.6. The average Bonchev–Trinajstić information content (AvgIpc) is 2.69. The molecule has 1 aromatic heterocycles. The maximum absolute atomic E-state index is 12.4. The molecule has 0 unspecified atom stereocenters. The van der Waals surface area contributed by atoms with Gasteiger partial charge in [0.05, 0.1) is 0 Å². The van der Waals surface area contributed by atoms with Crippen LogP contribution in [-0.4, -0.2) is 31.9 Å². The van der Waals surface area contributed by atoms with Crippen LogP contribution in [0, 0.1) is 0 Å². The van der Waals surface area contributed by atoms with E-state index in [-0.39, 0.29) is 21.7 Å². The normalized spacial score (nSPS) is 10.4. The van der Waals surface area contributed by atoms with Gasteiger partial charge in [-0.15, -0.1) is 0 Å². The van der Waals surface area contributed by atoms with Crippen molar-refractivity contribution in [3.8, 4) is 0 Å². The number of benzene rings is 2. The first-order valence-corrected chi connectivity index (χ1v) is 8.42. The zero-order valence-corrected chi connectivity index (χ0v) is 14.4. The molecule has 0 saturated heterocycles. The molecular formula is C18H11N3O5S. The maximum Gasteiger partial charge on any atom is 0.342 e.